The zero-order chi connectivity index (χ0) is 38.3. The summed E-state index contributed by atoms with van der Waals surface area (Å²) in [5.41, 5.74) is -2.32. The molecule has 284 valence electrons. The highest BCUT2D eigenvalue weighted by Crippen LogP contribution is 2.19. The van der Waals surface area contributed by atoms with Crippen LogP contribution in [0.3, 0.4) is 0 Å². The molecule has 22 heteroatoms. The molecular formula is C25H52O17S5. The number of aliphatic hydroxyl groups excluding tert-OH is 6. The van der Waals surface area contributed by atoms with E-state index in [2.05, 4.69) is 63.1 Å². The molecule has 0 saturated carbocycles. The van der Waals surface area contributed by atoms with E-state index in [0.29, 0.717) is 28.8 Å². The standard InChI is InChI=1S/C10H22O7.5C3H6O2S/c11-1-9(2-12,3-13)7-17-8-10(4-14,5-15)6-16;5*4-3(5)1-2-6/h11-16H,1-8H2;5*6H,1-2H2,(H,4,5). The topological polar surface area (TPSA) is 317 Å². The highest BCUT2D eigenvalue weighted by Gasteiger charge is 2.32. The molecule has 0 aliphatic heterocycles. The van der Waals surface area contributed by atoms with Gasteiger partial charge in [0.05, 0.1) is 95.8 Å². The van der Waals surface area contributed by atoms with Gasteiger partial charge in [0.2, 0.25) is 0 Å². The monoisotopic (exact) mass is 784 g/mol. The van der Waals surface area contributed by atoms with Crippen molar-refractivity contribution in [1.82, 2.24) is 0 Å². The van der Waals surface area contributed by atoms with Gasteiger partial charge >= 0.3 is 29.8 Å². The first-order valence-corrected chi connectivity index (χ1v) is 16.5. The second-order valence-electron chi connectivity index (χ2n) is 8.78. The molecule has 0 heterocycles. The van der Waals surface area contributed by atoms with Gasteiger partial charge < -0.3 is 60.9 Å². The molecule has 0 unspecified atom stereocenters. The Kier molecular flexibility index (Phi) is 52.9. The third-order valence-corrected chi connectivity index (χ3v) is 5.58. The van der Waals surface area contributed by atoms with E-state index in [9.17, 15) is 24.0 Å². The molecule has 0 atom stereocenters. The van der Waals surface area contributed by atoms with Crippen molar-refractivity contribution in [2.45, 2.75) is 32.1 Å². The van der Waals surface area contributed by atoms with Crippen LogP contribution in [0.1, 0.15) is 32.1 Å². The highest BCUT2D eigenvalue weighted by atomic mass is 32.1. The van der Waals surface area contributed by atoms with Crippen molar-refractivity contribution in [3.8, 4) is 0 Å². The van der Waals surface area contributed by atoms with Crippen molar-refractivity contribution in [3.05, 3.63) is 0 Å². The molecule has 0 fully saturated rings. The third-order valence-electron chi connectivity index (χ3n) is 4.46. The minimum atomic E-state index is -1.16. The Balaban J connectivity index is -0.000000117. The number of thiol groups is 5. The van der Waals surface area contributed by atoms with Gasteiger partial charge in [0.25, 0.3) is 0 Å². The molecule has 0 aromatic heterocycles. The van der Waals surface area contributed by atoms with Crippen molar-refractivity contribution in [3.63, 3.8) is 0 Å². The van der Waals surface area contributed by atoms with E-state index in [1.807, 2.05) is 0 Å². The fourth-order valence-corrected chi connectivity index (χ4v) is 2.49. The molecule has 0 aromatic carbocycles. The Morgan fingerprint density at radius 2 is 0.532 bits per heavy atom. The molecule has 0 rings (SSSR count). The zero-order valence-electron chi connectivity index (χ0n) is 25.8. The van der Waals surface area contributed by atoms with Crippen LogP contribution in [-0.2, 0) is 28.7 Å². The predicted molar refractivity (Wildman–Crippen MR) is 189 cm³/mol. The van der Waals surface area contributed by atoms with Crippen LogP contribution in [0.2, 0.25) is 0 Å². The van der Waals surface area contributed by atoms with Crippen molar-refractivity contribution < 1.29 is 84.9 Å². The molecule has 0 radical (unpaired) electrons. The van der Waals surface area contributed by atoms with E-state index in [1.165, 1.54) is 0 Å². The Bertz CT molecular complexity index is 626. The summed E-state index contributed by atoms with van der Waals surface area (Å²) in [6, 6.07) is 0. The summed E-state index contributed by atoms with van der Waals surface area (Å²) in [5.74, 6) is -1.81. The summed E-state index contributed by atoms with van der Waals surface area (Å²) in [7, 11) is 0. The summed E-state index contributed by atoms with van der Waals surface area (Å²) in [6.07, 6.45) is 0.779. The van der Waals surface area contributed by atoms with Gasteiger partial charge in [-0.2, -0.15) is 63.1 Å². The number of ether oxygens (including phenoxy) is 1. The third kappa shape index (κ3) is 51.8. The number of aliphatic hydroxyl groups is 6. The number of carbonyl (C=O) groups is 5. The molecule has 11 N–H and O–H groups in total. The van der Waals surface area contributed by atoms with Crippen LogP contribution in [0, 0.1) is 10.8 Å². The molecule has 17 nitrogen and oxygen atoms in total. The van der Waals surface area contributed by atoms with Gasteiger partial charge in [0.1, 0.15) is 0 Å². The molecule has 0 saturated heterocycles. The van der Waals surface area contributed by atoms with Gasteiger partial charge in [-0.3, -0.25) is 24.0 Å². The van der Waals surface area contributed by atoms with E-state index in [0.717, 1.165) is 0 Å². The van der Waals surface area contributed by atoms with Crippen molar-refractivity contribution in [2.75, 3.05) is 81.6 Å². The first kappa shape index (κ1) is 58.0. The van der Waals surface area contributed by atoms with Crippen molar-refractivity contribution >= 4 is 93.0 Å². The molecule has 0 amide bonds. The first-order chi connectivity index (χ1) is 21.9. The van der Waals surface area contributed by atoms with E-state index in [4.69, 9.17) is 60.9 Å². The van der Waals surface area contributed by atoms with Crippen LogP contribution < -0.4 is 0 Å². The number of aliphatic carboxylic acids is 5. The van der Waals surface area contributed by atoms with Crippen LogP contribution in [0.5, 0.6) is 0 Å². The summed E-state index contributed by atoms with van der Waals surface area (Å²) in [6.45, 7) is -3.01. The Morgan fingerprint density at radius 1 is 0.383 bits per heavy atom. The quantitative estimate of drug-likeness (QED) is 0.0651. The van der Waals surface area contributed by atoms with E-state index in [-0.39, 0.29) is 45.3 Å². The number of carboxylic acids is 5. The molecular weight excluding hydrogens is 733 g/mol. The van der Waals surface area contributed by atoms with Gasteiger partial charge in [-0.1, -0.05) is 0 Å². The Labute approximate surface area is 301 Å². The summed E-state index contributed by atoms with van der Waals surface area (Å²) < 4.78 is 5.15. The maximum absolute atomic E-state index is 9.55. The zero-order valence-corrected chi connectivity index (χ0v) is 30.3. The average molecular weight is 785 g/mol. The average Bonchev–Trinajstić information content (AvgIpc) is 2.99. The lowest BCUT2D eigenvalue weighted by atomic mass is 9.91. The predicted octanol–water partition coefficient (Wildman–Crippen LogP) is -1.12. The summed E-state index contributed by atoms with van der Waals surface area (Å²) in [4.78, 5) is 47.8. The molecule has 0 aromatic rings. The van der Waals surface area contributed by atoms with Gasteiger partial charge in [0, 0.05) is 28.8 Å². The Hall–Kier alpha value is -1.18. The van der Waals surface area contributed by atoms with Crippen LogP contribution >= 0.6 is 63.1 Å². The smallest absolute Gasteiger partial charge is 0.304 e. The minimum Gasteiger partial charge on any atom is -0.481 e. The van der Waals surface area contributed by atoms with Gasteiger partial charge in [0.15, 0.2) is 0 Å². The van der Waals surface area contributed by atoms with Crippen molar-refractivity contribution in [2.24, 2.45) is 10.8 Å². The molecule has 0 bridgehead atoms. The van der Waals surface area contributed by atoms with E-state index in [1.54, 1.807) is 0 Å². The van der Waals surface area contributed by atoms with Crippen LogP contribution in [0.25, 0.3) is 0 Å². The van der Waals surface area contributed by atoms with Gasteiger partial charge in [-0.25, -0.2) is 0 Å². The van der Waals surface area contributed by atoms with Crippen LogP contribution in [0.15, 0.2) is 0 Å². The maximum Gasteiger partial charge on any atom is 0.304 e. The molecule has 0 aliphatic rings. The molecule has 0 aliphatic carbocycles. The van der Waals surface area contributed by atoms with Gasteiger partial charge in [-0.15, -0.1) is 0 Å². The number of hydrogen-bond acceptors (Lipinski definition) is 17. The second-order valence-corrected chi connectivity index (χ2v) is 11.0. The number of carboxylic acid groups (broad SMARTS) is 5. The number of hydrogen-bond donors (Lipinski definition) is 16. The summed E-state index contributed by atoms with van der Waals surface area (Å²) >= 11 is 18.4. The first-order valence-electron chi connectivity index (χ1n) is 13.3. The van der Waals surface area contributed by atoms with Crippen LogP contribution in [-0.4, -0.2) is 168 Å². The summed E-state index contributed by atoms with van der Waals surface area (Å²) in [5, 5.41) is 93.5. The largest absolute Gasteiger partial charge is 0.481 e. The second kappa shape index (κ2) is 42.8. The SMILES string of the molecule is O=C(O)CCS.O=C(O)CCS.O=C(O)CCS.O=C(O)CCS.O=C(O)CCS.OCC(CO)(CO)COCC(CO)(CO)CO. The fourth-order valence-electron chi connectivity index (χ4n) is 1.54. The fraction of sp³-hybridized carbons (Fsp3) is 0.800. The molecule has 0 spiro atoms. The van der Waals surface area contributed by atoms with E-state index < -0.39 is 80.3 Å². The maximum atomic E-state index is 9.55. The lowest BCUT2D eigenvalue weighted by Gasteiger charge is -2.31. The van der Waals surface area contributed by atoms with E-state index >= 15 is 0 Å². The lowest BCUT2D eigenvalue weighted by molar-refractivity contribution is -0.137. The lowest BCUT2D eigenvalue weighted by Crippen LogP contribution is -2.43. The normalized spacial score (nSPS) is 9.94. The minimum absolute atomic E-state index is 0.141. The van der Waals surface area contributed by atoms with Gasteiger partial charge in [-0.05, 0) is 0 Å². The number of rotatable bonds is 20. The Morgan fingerprint density at radius 3 is 0.596 bits per heavy atom. The van der Waals surface area contributed by atoms with Crippen molar-refractivity contribution in [1.29, 1.82) is 0 Å². The molecule has 47 heavy (non-hydrogen) atoms. The van der Waals surface area contributed by atoms with Crippen LogP contribution in [0.4, 0.5) is 0 Å². The highest BCUT2D eigenvalue weighted by molar-refractivity contribution is 7.80.